The number of hydrogen-bond donors (Lipinski definition) is 1. The summed E-state index contributed by atoms with van der Waals surface area (Å²) in [7, 11) is 1.60. The molecule has 1 saturated carbocycles. The maximum atomic E-state index is 12.9. The lowest BCUT2D eigenvalue weighted by Crippen LogP contribution is -2.54. The van der Waals surface area contributed by atoms with E-state index in [1.165, 1.54) is 0 Å². The minimum absolute atomic E-state index is 0.000639. The molecule has 3 aliphatic rings. The van der Waals surface area contributed by atoms with Gasteiger partial charge in [0.25, 0.3) is 5.91 Å². The molecule has 138 valence electrons. The van der Waals surface area contributed by atoms with Crippen LogP contribution in [0.25, 0.3) is 0 Å². The maximum absolute atomic E-state index is 12.9. The van der Waals surface area contributed by atoms with Gasteiger partial charge in [0.05, 0.1) is 13.0 Å². The zero-order chi connectivity index (χ0) is 18.3. The monoisotopic (exact) mass is 355 g/mol. The van der Waals surface area contributed by atoms with E-state index in [-0.39, 0.29) is 23.8 Å². The molecular weight excluding hydrogens is 330 g/mol. The average molecular weight is 355 g/mol. The molecule has 26 heavy (non-hydrogen) atoms. The molecule has 1 heterocycles. The quantitative estimate of drug-likeness (QED) is 0.825. The molecule has 2 amide bonds. The second kappa shape index (κ2) is 6.76. The van der Waals surface area contributed by atoms with Crippen molar-refractivity contribution in [2.24, 2.45) is 23.5 Å². The first-order valence-electron chi connectivity index (χ1n) is 9.24. The van der Waals surface area contributed by atoms with Crippen LogP contribution < -0.4 is 10.5 Å². The van der Waals surface area contributed by atoms with E-state index in [2.05, 4.69) is 12.2 Å². The molecule has 6 heteroatoms. The molecule has 1 aliphatic heterocycles. The van der Waals surface area contributed by atoms with Crippen molar-refractivity contribution in [3.63, 3.8) is 0 Å². The van der Waals surface area contributed by atoms with E-state index in [0.717, 1.165) is 12.2 Å². The number of nitrogens with zero attached hydrogens (tertiary/aromatic N) is 2. The number of piperazine rings is 1. The van der Waals surface area contributed by atoms with Crippen molar-refractivity contribution >= 4 is 11.8 Å². The summed E-state index contributed by atoms with van der Waals surface area (Å²) in [6.45, 7) is 2.26. The SMILES string of the molecule is COc1ccc(C(=O)N2CCN(C(=O)[C@H]3[C@@H](N)[C@H]4C=C[C@@H]3C4)CC2)cc1. The number of amides is 2. The number of fused-ring (bicyclic) bond motifs is 2. The average Bonchev–Trinajstić information content (AvgIpc) is 3.28. The second-order valence-electron chi connectivity index (χ2n) is 7.40. The fourth-order valence-electron chi connectivity index (χ4n) is 4.47. The maximum Gasteiger partial charge on any atom is 0.253 e. The van der Waals surface area contributed by atoms with E-state index >= 15 is 0 Å². The largest absolute Gasteiger partial charge is 0.497 e. The van der Waals surface area contributed by atoms with Crippen LogP contribution in [0.3, 0.4) is 0 Å². The highest BCUT2D eigenvalue weighted by Gasteiger charge is 2.47. The Kier molecular flexibility index (Phi) is 4.44. The Bertz CT molecular complexity index is 722. The Morgan fingerprint density at radius 3 is 2.19 bits per heavy atom. The first kappa shape index (κ1) is 17.1. The van der Waals surface area contributed by atoms with Crippen LogP contribution in [0.15, 0.2) is 36.4 Å². The Balaban J connectivity index is 1.35. The Labute approximate surface area is 153 Å². The normalized spacial score (nSPS) is 29.9. The number of rotatable bonds is 3. The van der Waals surface area contributed by atoms with Crippen LogP contribution in [0, 0.1) is 17.8 Å². The van der Waals surface area contributed by atoms with E-state index in [1.807, 2.05) is 9.80 Å². The van der Waals surface area contributed by atoms with E-state index in [4.69, 9.17) is 10.5 Å². The molecule has 4 rings (SSSR count). The van der Waals surface area contributed by atoms with Gasteiger partial charge in [-0.15, -0.1) is 0 Å². The number of hydrogen-bond acceptors (Lipinski definition) is 4. The Morgan fingerprint density at radius 1 is 1.00 bits per heavy atom. The lowest BCUT2D eigenvalue weighted by atomic mass is 9.88. The first-order valence-corrected chi connectivity index (χ1v) is 9.24. The summed E-state index contributed by atoms with van der Waals surface area (Å²) in [4.78, 5) is 29.3. The third kappa shape index (κ3) is 2.88. The highest BCUT2D eigenvalue weighted by atomic mass is 16.5. The highest BCUT2D eigenvalue weighted by molar-refractivity contribution is 5.94. The van der Waals surface area contributed by atoms with E-state index in [1.54, 1.807) is 31.4 Å². The summed E-state index contributed by atoms with van der Waals surface area (Å²) < 4.78 is 5.13. The summed E-state index contributed by atoms with van der Waals surface area (Å²) in [5.41, 5.74) is 6.92. The third-order valence-corrected chi connectivity index (χ3v) is 6.02. The fourth-order valence-corrected chi connectivity index (χ4v) is 4.47. The molecule has 4 atom stereocenters. The van der Waals surface area contributed by atoms with Gasteiger partial charge in [-0.25, -0.2) is 0 Å². The first-order chi connectivity index (χ1) is 12.6. The van der Waals surface area contributed by atoms with Crippen molar-refractivity contribution in [2.45, 2.75) is 12.5 Å². The van der Waals surface area contributed by atoms with Crippen LogP contribution in [0.5, 0.6) is 5.75 Å². The van der Waals surface area contributed by atoms with Crippen molar-refractivity contribution in [3.8, 4) is 5.75 Å². The lowest BCUT2D eigenvalue weighted by molar-refractivity contribution is -0.138. The third-order valence-electron chi connectivity index (χ3n) is 6.02. The minimum atomic E-state index is -0.0890. The van der Waals surface area contributed by atoms with Gasteiger partial charge in [-0.3, -0.25) is 9.59 Å². The van der Waals surface area contributed by atoms with Crippen molar-refractivity contribution in [3.05, 3.63) is 42.0 Å². The molecule has 6 nitrogen and oxygen atoms in total. The number of carbonyl (C=O) groups is 2. The molecule has 1 aromatic carbocycles. The molecule has 0 spiro atoms. The van der Waals surface area contributed by atoms with Gasteiger partial charge < -0.3 is 20.3 Å². The standard InChI is InChI=1S/C20H25N3O3/c1-26-16-6-4-13(5-7-16)19(24)22-8-10-23(11-9-22)20(25)17-14-2-3-15(12-14)18(17)21/h2-7,14-15,17-18H,8-12,21H2,1H3/t14-,15+,17-,18+/m1/s1. The summed E-state index contributed by atoms with van der Waals surface area (Å²) in [6, 6.07) is 7.07. The molecule has 2 fully saturated rings. The summed E-state index contributed by atoms with van der Waals surface area (Å²) in [5, 5.41) is 0. The van der Waals surface area contributed by atoms with Crippen molar-refractivity contribution in [2.75, 3.05) is 33.3 Å². The molecule has 2 aliphatic carbocycles. The van der Waals surface area contributed by atoms with Gasteiger partial charge in [0.2, 0.25) is 5.91 Å². The molecule has 0 aromatic heterocycles. The number of allylic oxidation sites excluding steroid dienone is 1. The second-order valence-corrected chi connectivity index (χ2v) is 7.40. The van der Waals surface area contributed by atoms with Crippen LogP contribution in [-0.2, 0) is 4.79 Å². The number of carbonyl (C=O) groups excluding carboxylic acids is 2. The Morgan fingerprint density at radius 2 is 1.62 bits per heavy atom. The summed E-state index contributed by atoms with van der Waals surface area (Å²) >= 11 is 0. The van der Waals surface area contributed by atoms with Crippen LogP contribution in [-0.4, -0.2) is 60.9 Å². The number of ether oxygens (including phenoxy) is 1. The predicted octanol–water partition coefficient (Wildman–Crippen LogP) is 1.13. The molecule has 0 unspecified atom stereocenters. The zero-order valence-electron chi connectivity index (χ0n) is 15.0. The van der Waals surface area contributed by atoms with E-state index in [9.17, 15) is 9.59 Å². The predicted molar refractivity (Wildman–Crippen MR) is 97.7 cm³/mol. The molecule has 0 radical (unpaired) electrons. The van der Waals surface area contributed by atoms with Gasteiger partial charge in [-0.2, -0.15) is 0 Å². The fraction of sp³-hybridized carbons (Fsp3) is 0.500. The van der Waals surface area contributed by atoms with Crippen molar-refractivity contribution < 1.29 is 14.3 Å². The highest BCUT2D eigenvalue weighted by Crippen LogP contribution is 2.43. The van der Waals surface area contributed by atoms with Gasteiger partial charge in [-0.05, 0) is 42.5 Å². The van der Waals surface area contributed by atoms with Crippen LogP contribution >= 0.6 is 0 Å². The molecule has 2 bridgehead atoms. The summed E-state index contributed by atoms with van der Waals surface area (Å²) in [6.07, 6.45) is 5.32. The minimum Gasteiger partial charge on any atom is -0.497 e. The molecule has 1 aromatic rings. The van der Waals surface area contributed by atoms with Crippen molar-refractivity contribution in [1.29, 1.82) is 0 Å². The smallest absolute Gasteiger partial charge is 0.253 e. The van der Waals surface area contributed by atoms with Crippen LogP contribution in [0.2, 0.25) is 0 Å². The summed E-state index contributed by atoms with van der Waals surface area (Å²) in [5.74, 6) is 1.45. The number of benzene rings is 1. The topological polar surface area (TPSA) is 75.9 Å². The van der Waals surface area contributed by atoms with Gasteiger partial charge in [0.1, 0.15) is 5.75 Å². The number of methoxy groups -OCH3 is 1. The van der Waals surface area contributed by atoms with Crippen LogP contribution in [0.1, 0.15) is 16.8 Å². The van der Waals surface area contributed by atoms with Crippen molar-refractivity contribution in [1.82, 2.24) is 9.80 Å². The van der Waals surface area contributed by atoms with Gasteiger partial charge >= 0.3 is 0 Å². The van der Waals surface area contributed by atoms with Crippen LogP contribution in [0.4, 0.5) is 0 Å². The lowest BCUT2D eigenvalue weighted by Gasteiger charge is -2.37. The molecule has 1 saturated heterocycles. The van der Waals surface area contributed by atoms with Gasteiger partial charge in [-0.1, -0.05) is 12.2 Å². The van der Waals surface area contributed by atoms with E-state index in [0.29, 0.717) is 43.6 Å². The van der Waals surface area contributed by atoms with Gasteiger partial charge in [0, 0.05) is 37.8 Å². The molecular formula is C20H25N3O3. The zero-order valence-corrected chi connectivity index (χ0v) is 15.0. The van der Waals surface area contributed by atoms with Gasteiger partial charge in [0.15, 0.2) is 0 Å². The molecule has 2 N–H and O–H groups in total. The van der Waals surface area contributed by atoms with E-state index < -0.39 is 0 Å². The number of nitrogens with two attached hydrogens (primary N) is 1. The Hall–Kier alpha value is -2.34.